The first kappa shape index (κ1) is 10.1. The van der Waals surface area contributed by atoms with Gasteiger partial charge in [0, 0.05) is 19.2 Å². The lowest BCUT2D eigenvalue weighted by molar-refractivity contribution is 0.112. The minimum atomic E-state index is 0.818. The van der Waals surface area contributed by atoms with Crippen molar-refractivity contribution in [2.45, 2.75) is 13.3 Å². The Morgan fingerprint density at radius 1 is 1.50 bits per heavy atom. The highest BCUT2D eigenvalue weighted by Crippen LogP contribution is 2.32. The summed E-state index contributed by atoms with van der Waals surface area (Å²) in [7, 11) is 0. The highest BCUT2D eigenvalue weighted by molar-refractivity contribution is 14.1. The van der Waals surface area contributed by atoms with Gasteiger partial charge in [-0.3, -0.25) is 4.79 Å². The molecule has 14 heavy (non-hydrogen) atoms. The standard InChI is InChI=1S/C11H9IOS/c1-2-7-6-14-11-9(12)4-3-8(5-13)10(7)11/h3-6H,2H2,1H3. The molecule has 0 radical (unpaired) electrons. The highest BCUT2D eigenvalue weighted by atomic mass is 127. The number of carbonyl (C=O) groups excluding carboxylic acids is 1. The fraction of sp³-hybridized carbons (Fsp3) is 0.182. The summed E-state index contributed by atoms with van der Waals surface area (Å²) in [6, 6.07) is 3.91. The molecule has 0 aliphatic heterocycles. The second kappa shape index (κ2) is 3.98. The Hall–Kier alpha value is -0.420. The molecule has 0 unspecified atom stereocenters. The molecular weight excluding hydrogens is 307 g/mol. The van der Waals surface area contributed by atoms with Gasteiger partial charge in [-0.2, -0.15) is 0 Å². The van der Waals surface area contributed by atoms with E-state index in [0.717, 1.165) is 23.7 Å². The molecule has 2 rings (SSSR count). The van der Waals surface area contributed by atoms with Crippen molar-refractivity contribution in [3.63, 3.8) is 0 Å². The van der Waals surface area contributed by atoms with E-state index in [-0.39, 0.29) is 0 Å². The number of halogens is 1. The predicted molar refractivity (Wildman–Crippen MR) is 69.3 cm³/mol. The Kier molecular flexibility index (Phi) is 2.88. The highest BCUT2D eigenvalue weighted by Gasteiger charge is 2.09. The number of aryl methyl sites for hydroxylation is 1. The molecule has 2 aromatic rings. The van der Waals surface area contributed by atoms with Crippen molar-refractivity contribution in [1.82, 2.24) is 0 Å². The van der Waals surface area contributed by atoms with E-state index in [1.165, 1.54) is 13.8 Å². The van der Waals surface area contributed by atoms with Gasteiger partial charge in [0.05, 0.1) is 0 Å². The van der Waals surface area contributed by atoms with Crippen LogP contribution in [-0.4, -0.2) is 6.29 Å². The van der Waals surface area contributed by atoms with Crippen LogP contribution >= 0.6 is 33.9 Å². The van der Waals surface area contributed by atoms with Gasteiger partial charge in [-0.1, -0.05) is 6.92 Å². The van der Waals surface area contributed by atoms with Crippen molar-refractivity contribution in [3.05, 3.63) is 32.2 Å². The van der Waals surface area contributed by atoms with Crippen molar-refractivity contribution in [3.8, 4) is 0 Å². The zero-order chi connectivity index (χ0) is 10.1. The molecule has 1 aromatic carbocycles. The van der Waals surface area contributed by atoms with Gasteiger partial charge in [-0.05, 0) is 52.1 Å². The first-order valence-corrected chi connectivity index (χ1v) is 6.37. The maximum absolute atomic E-state index is 10.9. The molecule has 0 aliphatic rings. The van der Waals surface area contributed by atoms with Crippen LogP contribution in [0.2, 0.25) is 0 Å². The summed E-state index contributed by atoms with van der Waals surface area (Å²) >= 11 is 4.04. The molecule has 1 nitrogen and oxygen atoms in total. The lowest BCUT2D eigenvalue weighted by Crippen LogP contribution is -1.86. The normalized spacial score (nSPS) is 10.7. The molecular formula is C11H9IOS. The third-order valence-electron chi connectivity index (χ3n) is 2.29. The van der Waals surface area contributed by atoms with Crippen LogP contribution in [0.5, 0.6) is 0 Å². The molecule has 0 fully saturated rings. The van der Waals surface area contributed by atoms with E-state index >= 15 is 0 Å². The minimum absolute atomic E-state index is 0.818. The zero-order valence-electron chi connectivity index (χ0n) is 7.71. The summed E-state index contributed by atoms with van der Waals surface area (Å²) in [6.45, 7) is 2.12. The SMILES string of the molecule is CCc1csc2c(I)ccc(C=O)c12. The van der Waals surface area contributed by atoms with Gasteiger partial charge in [-0.25, -0.2) is 0 Å². The van der Waals surface area contributed by atoms with E-state index < -0.39 is 0 Å². The topological polar surface area (TPSA) is 17.1 Å². The van der Waals surface area contributed by atoms with Crippen LogP contribution in [0.3, 0.4) is 0 Å². The molecule has 0 aliphatic carbocycles. The maximum atomic E-state index is 10.9. The van der Waals surface area contributed by atoms with Crippen molar-refractivity contribution in [2.75, 3.05) is 0 Å². The Bertz CT molecular complexity index is 487. The third kappa shape index (κ3) is 1.48. The summed E-state index contributed by atoms with van der Waals surface area (Å²) in [5.74, 6) is 0. The molecule has 0 saturated carbocycles. The lowest BCUT2D eigenvalue weighted by Gasteiger charge is -1.99. The van der Waals surface area contributed by atoms with E-state index in [1.54, 1.807) is 11.3 Å². The molecule has 1 heterocycles. The predicted octanol–water partition coefficient (Wildman–Crippen LogP) is 3.88. The second-order valence-electron chi connectivity index (χ2n) is 3.07. The largest absolute Gasteiger partial charge is 0.298 e. The fourth-order valence-corrected chi connectivity index (χ4v) is 3.49. The average Bonchev–Trinajstić information content (AvgIpc) is 2.63. The number of carbonyl (C=O) groups is 1. The van der Waals surface area contributed by atoms with Gasteiger partial charge < -0.3 is 0 Å². The number of hydrogen-bond donors (Lipinski definition) is 0. The number of thiophene rings is 1. The maximum Gasteiger partial charge on any atom is 0.150 e. The van der Waals surface area contributed by atoms with Gasteiger partial charge in [0.2, 0.25) is 0 Å². The van der Waals surface area contributed by atoms with Gasteiger partial charge >= 0.3 is 0 Å². The summed E-state index contributed by atoms with van der Waals surface area (Å²) in [5, 5.41) is 3.30. The number of benzene rings is 1. The molecule has 0 atom stereocenters. The summed E-state index contributed by atoms with van der Waals surface area (Å²) in [5.41, 5.74) is 2.10. The smallest absolute Gasteiger partial charge is 0.150 e. The monoisotopic (exact) mass is 316 g/mol. The van der Waals surface area contributed by atoms with Crippen LogP contribution in [0.1, 0.15) is 22.8 Å². The first-order chi connectivity index (χ1) is 6.77. The minimum Gasteiger partial charge on any atom is -0.298 e. The average molecular weight is 316 g/mol. The van der Waals surface area contributed by atoms with Crippen LogP contribution in [-0.2, 0) is 6.42 Å². The Balaban J connectivity index is 2.88. The molecule has 0 saturated heterocycles. The van der Waals surface area contributed by atoms with Crippen LogP contribution < -0.4 is 0 Å². The van der Waals surface area contributed by atoms with E-state index in [1.807, 2.05) is 12.1 Å². The van der Waals surface area contributed by atoms with Crippen LogP contribution in [0.15, 0.2) is 17.5 Å². The summed E-state index contributed by atoms with van der Waals surface area (Å²) in [6.07, 6.45) is 1.94. The Morgan fingerprint density at radius 3 is 2.93 bits per heavy atom. The molecule has 3 heteroatoms. The summed E-state index contributed by atoms with van der Waals surface area (Å²) < 4.78 is 2.47. The molecule has 72 valence electrons. The van der Waals surface area contributed by atoms with E-state index in [2.05, 4.69) is 34.9 Å². The number of rotatable bonds is 2. The number of aldehydes is 1. The molecule has 0 spiro atoms. The van der Waals surface area contributed by atoms with E-state index in [4.69, 9.17) is 0 Å². The number of hydrogen-bond acceptors (Lipinski definition) is 2. The van der Waals surface area contributed by atoms with E-state index in [9.17, 15) is 4.79 Å². The molecule has 0 amide bonds. The quantitative estimate of drug-likeness (QED) is 0.607. The lowest BCUT2D eigenvalue weighted by atomic mass is 10.1. The van der Waals surface area contributed by atoms with Crippen molar-refractivity contribution >= 4 is 50.3 Å². The van der Waals surface area contributed by atoms with Gasteiger partial charge in [0.25, 0.3) is 0 Å². The first-order valence-electron chi connectivity index (χ1n) is 4.41. The fourth-order valence-electron chi connectivity index (χ4n) is 1.57. The molecule has 0 N–H and O–H groups in total. The van der Waals surface area contributed by atoms with Crippen LogP contribution in [0.4, 0.5) is 0 Å². The number of fused-ring (bicyclic) bond motifs is 1. The van der Waals surface area contributed by atoms with Crippen molar-refractivity contribution in [2.24, 2.45) is 0 Å². The van der Waals surface area contributed by atoms with E-state index in [0.29, 0.717) is 0 Å². The second-order valence-corrected chi connectivity index (χ2v) is 5.11. The Labute approximate surface area is 100 Å². The molecule has 0 bridgehead atoms. The van der Waals surface area contributed by atoms with Crippen molar-refractivity contribution in [1.29, 1.82) is 0 Å². The Morgan fingerprint density at radius 2 is 2.29 bits per heavy atom. The van der Waals surface area contributed by atoms with Gasteiger partial charge in [0.15, 0.2) is 6.29 Å². The van der Waals surface area contributed by atoms with Crippen LogP contribution in [0, 0.1) is 3.57 Å². The van der Waals surface area contributed by atoms with Gasteiger partial charge in [0.1, 0.15) is 0 Å². The zero-order valence-corrected chi connectivity index (χ0v) is 10.7. The third-order valence-corrected chi connectivity index (χ3v) is 4.62. The summed E-state index contributed by atoms with van der Waals surface area (Å²) in [4.78, 5) is 10.9. The van der Waals surface area contributed by atoms with Crippen LogP contribution in [0.25, 0.3) is 10.1 Å². The molecule has 1 aromatic heterocycles. The van der Waals surface area contributed by atoms with Gasteiger partial charge in [-0.15, -0.1) is 11.3 Å². The van der Waals surface area contributed by atoms with Crippen molar-refractivity contribution < 1.29 is 4.79 Å².